The number of fused-ring (bicyclic) bond motifs is 2. The van der Waals surface area contributed by atoms with E-state index < -0.39 is 5.97 Å². The molecule has 0 bridgehead atoms. The molecule has 4 heterocycles. The predicted octanol–water partition coefficient (Wildman–Crippen LogP) is 5.60. The molecule has 0 amide bonds. The maximum absolute atomic E-state index is 11.4. The van der Waals surface area contributed by atoms with Gasteiger partial charge in [0.2, 0.25) is 0 Å². The van der Waals surface area contributed by atoms with Gasteiger partial charge < -0.3 is 15.8 Å². The highest BCUT2D eigenvalue weighted by molar-refractivity contribution is 7.19. The molecule has 0 unspecified atom stereocenters. The second-order valence-electron chi connectivity index (χ2n) is 8.67. The van der Waals surface area contributed by atoms with E-state index in [1.54, 1.807) is 4.52 Å². The number of benzene rings is 1. The van der Waals surface area contributed by atoms with Gasteiger partial charge in [-0.05, 0) is 43.9 Å². The number of imidazole rings is 1. The Morgan fingerprint density at radius 3 is 2.76 bits per heavy atom. The lowest BCUT2D eigenvalue weighted by molar-refractivity contribution is -0.142. The van der Waals surface area contributed by atoms with E-state index in [1.165, 1.54) is 17.7 Å². The quantitative estimate of drug-likeness (QED) is 0.300. The number of anilines is 1. The number of H-pyrrole nitrogens is 1. The van der Waals surface area contributed by atoms with E-state index in [2.05, 4.69) is 33.3 Å². The highest BCUT2D eigenvalue weighted by Crippen LogP contribution is 2.40. The van der Waals surface area contributed by atoms with Crippen molar-refractivity contribution in [3.8, 4) is 21.8 Å². The molecule has 4 aromatic heterocycles. The molecule has 0 aliphatic heterocycles. The number of halogens is 1. The van der Waals surface area contributed by atoms with Crippen LogP contribution in [0, 0.1) is 5.92 Å². The number of thiophene rings is 1. The summed E-state index contributed by atoms with van der Waals surface area (Å²) < 4.78 is 2.51. The summed E-state index contributed by atoms with van der Waals surface area (Å²) in [4.78, 5) is 25.2. The number of nitrogens with zero attached hydrogens (tertiary/aromatic N) is 4. The third-order valence-electron chi connectivity index (χ3n) is 6.68. The molecule has 0 saturated heterocycles. The molecule has 4 N–H and O–H groups in total. The van der Waals surface area contributed by atoms with Gasteiger partial charge in [0.25, 0.3) is 0 Å². The van der Waals surface area contributed by atoms with Crippen LogP contribution in [0.3, 0.4) is 0 Å². The first-order valence-electron chi connectivity index (χ1n) is 11.1. The summed E-state index contributed by atoms with van der Waals surface area (Å²) in [5.41, 5.74) is 10.5. The number of hydrogen-bond donors (Lipinski definition) is 3. The number of nitrogens with two attached hydrogens (primary N) is 1. The summed E-state index contributed by atoms with van der Waals surface area (Å²) >= 11 is 7.72. The Kier molecular flexibility index (Phi) is 5.04. The third-order valence-corrected chi connectivity index (χ3v) is 7.94. The first kappa shape index (κ1) is 21.1. The van der Waals surface area contributed by atoms with Gasteiger partial charge in [-0.2, -0.15) is 5.10 Å². The Balaban J connectivity index is 1.47. The average molecular weight is 493 g/mol. The zero-order valence-corrected chi connectivity index (χ0v) is 19.6. The number of rotatable bonds is 4. The van der Waals surface area contributed by atoms with Crippen LogP contribution in [0.15, 0.2) is 42.7 Å². The van der Waals surface area contributed by atoms with Crippen molar-refractivity contribution < 1.29 is 9.90 Å². The van der Waals surface area contributed by atoms with E-state index in [1.807, 2.05) is 18.2 Å². The van der Waals surface area contributed by atoms with Crippen LogP contribution in [-0.2, 0) is 4.79 Å². The fourth-order valence-corrected chi connectivity index (χ4v) is 6.05. The van der Waals surface area contributed by atoms with Crippen LogP contribution >= 0.6 is 22.9 Å². The number of aromatic nitrogens is 5. The smallest absolute Gasteiger partial charge is 0.306 e. The number of para-hydroxylation sites is 1. The SMILES string of the molecule is Nc1ncnn2c1c(-c1cc3cccc(-c4ccc(Cl)s4)c3[nH]1)nc2[C@H]1CC[C@H](C(=O)O)CC1. The second-order valence-corrected chi connectivity index (χ2v) is 10.4. The number of carboxylic acids is 1. The fraction of sp³-hybridized carbons (Fsp3) is 0.250. The van der Waals surface area contributed by atoms with Crippen molar-refractivity contribution in [1.29, 1.82) is 0 Å². The van der Waals surface area contributed by atoms with Gasteiger partial charge in [-0.25, -0.2) is 14.5 Å². The number of nitrogens with one attached hydrogen (secondary N) is 1. The number of aliphatic carboxylic acids is 1. The van der Waals surface area contributed by atoms with Crippen LogP contribution in [-0.4, -0.2) is 35.6 Å². The number of carbonyl (C=O) groups is 1. The van der Waals surface area contributed by atoms with Gasteiger partial charge in [0.1, 0.15) is 23.4 Å². The largest absolute Gasteiger partial charge is 0.481 e. The molecule has 0 spiro atoms. The van der Waals surface area contributed by atoms with E-state index in [0.717, 1.165) is 50.0 Å². The van der Waals surface area contributed by atoms with Crippen LogP contribution in [0.4, 0.5) is 5.82 Å². The minimum atomic E-state index is -0.723. The minimum absolute atomic E-state index is 0.111. The lowest BCUT2D eigenvalue weighted by atomic mass is 9.82. The van der Waals surface area contributed by atoms with Crippen molar-refractivity contribution in [2.24, 2.45) is 5.92 Å². The zero-order valence-electron chi connectivity index (χ0n) is 18.0. The summed E-state index contributed by atoms with van der Waals surface area (Å²) in [5, 5.41) is 14.9. The van der Waals surface area contributed by atoms with Gasteiger partial charge in [-0.1, -0.05) is 29.8 Å². The summed E-state index contributed by atoms with van der Waals surface area (Å²) in [6.07, 6.45) is 4.18. The lowest BCUT2D eigenvalue weighted by Gasteiger charge is -2.24. The van der Waals surface area contributed by atoms with Crippen LogP contribution in [0.1, 0.15) is 37.4 Å². The standard InChI is InChI=1S/C24H21ClN6O2S/c25-18-9-8-17(34-18)15-3-1-2-14-10-16(29-19(14)15)20-21-22(26)27-11-28-31(21)23(30-20)12-4-6-13(7-5-12)24(32)33/h1-3,8-13,29H,4-7H2,(H,32,33)(H2,26,27,28)/t12-,13-. The molecule has 34 heavy (non-hydrogen) atoms. The molecule has 0 atom stereocenters. The number of nitrogen functional groups attached to an aromatic ring is 1. The molecule has 10 heteroatoms. The molecular formula is C24H21ClN6O2S. The summed E-state index contributed by atoms with van der Waals surface area (Å²) in [6, 6.07) is 12.1. The monoisotopic (exact) mass is 492 g/mol. The summed E-state index contributed by atoms with van der Waals surface area (Å²) in [5.74, 6) is 0.247. The van der Waals surface area contributed by atoms with E-state index >= 15 is 0 Å². The molecule has 1 saturated carbocycles. The summed E-state index contributed by atoms with van der Waals surface area (Å²) in [7, 11) is 0. The molecule has 1 aliphatic carbocycles. The van der Waals surface area contributed by atoms with Crippen LogP contribution in [0.2, 0.25) is 4.34 Å². The second kappa shape index (κ2) is 8.11. The predicted molar refractivity (Wildman–Crippen MR) is 133 cm³/mol. The maximum atomic E-state index is 11.4. The van der Waals surface area contributed by atoms with Crippen molar-refractivity contribution in [3.05, 3.63) is 52.9 Å². The molecule has 1 fully saturated rings. The normalized spacial score (nSPS) is 18.6. The van der Waals surface area contributed by atoms with E-state index in [-0.39, 0.29) is 11.8 Å². The fourth-order valence-electron chi connectivity index (χ4n) is 4.98. The third kappa shape index (κ3) is 3.43. The molecule has 5 aromatic rings. The Bertz CT molecular complexity index is 1550. The van der Waals surface area contributed by atoms with Gasteiger partial charge in [-0.15, -0.1) is 11.3 Å². The number of aromatic amines is 1. The minimum Gasteiger partial charge on any atom is -0.481 e. The van der Waals surface area contributed by atoms with Crippen molar-refractivity contribution in [2.45, 2.75) is 31.6 Å². The average Bonchev–Trinajstić information content (AvgIpc) is 3.55. The molecule has 6 rings (SSSR count). The maximum Gasteiger partial charge on any atom is 0.306 e. The Morgan fingerprint density at radius 2 is 2.03 bits per heavy atom. The molecule has 1 aliphatic rings. The highest BCUT2D eigenvalue weighted by atomic mass is 35.5. The van der Waals surface area contributed by atoms with Gasteiger partial charge in [0, 0.05) is 21.7 Å². The van der Waals surface area contributed by atoms with E-state index in [9.17, 15) is 9.90 Å². The topological polar surface area (TPSA) is 122 Å². The van der Waals surface area contributed by atoms with E-state index in [4.69, 9.17) is 22.3 Å². The van der Waals surface area contributed by atoms with Gasteiger partial charge in [0.05, 0.1) is 21.5 Å². The Morgan fingerprint density at radius 1 is 1.21 bits per heavy atom. The van der Waals surface area contributed by atoms with Crippen molar-refractivity contribution >= 4 is 51.1 Å². The Labute approximate surface area is 203 Å². The first-order valence-corrected chi connectivity index (χ1v) is 12.3. The molecule has 1 aromatic carbocycles. The van der Waals surface area contributed by atoms with Crippen molar-refractivity contribution in [2.75, 3.05) is 5.73 Å². The lowest BCUT2D eigenvalue weighted by Crippen LogP contribution is -2.21. The molecule has 172 valence electrons. The van der Waals surface area contributed by atoms with Crippen LogP contribution in [0.25, 0.3) is 38.2 Å². The molecular weight excluding hydrogens is 472 g/mol. The number of carboxylic acid groups (broad SMARTS) is 1. The van der Waals surface area contributed by atoms with Gasteiger partial charge in [-0.3, -0.25) is 4.79 Å². The first-order chi connectivity index (χ1) is 16.5. The Hall–Kier alpha value is -3.43. The van der Waals surface area contributed by atoms with Gasteiger partial charge in [0.15, 0.2) is 5.82 Å². The molecule has 0 radical (unpaired) electrons. The van der Waals surface area contributed by atoms with E-state index in [0.29, 0.717) is 29.9 Å². The van der Waals surface area contributed by atoms with Crippen LogP contribution < -0.4 is 5.73 Å². The summed E-state index contributed by atoms with van der Waals surface area (Å²) in [6.45, 7) is 0. The van der Waals surface area contributed by atoms with Gasteiger partial charge >= 0.3 is 5.97 Å². The van der Waals surface area contributed by atoms with Crippen molar-refractivity contribution in [1.82, 2.24) is 24.6 Å². The van der Waals surface area contributed by atoms with Crippen molar-refractivity contribution in [3.63, 3.8) is 0 Å². The number of hydrogen-bond acceptors (Lipinski definition) is 6. The molecule has 8 nitrogen and oxygen atoms in total. The zero-order chi connectivity index (χ0) is 23.4. The highest BCUT2D eigenvalue weighted by Gasteiger charge is 2.31. The van der Waals surface area contributed by atoms with Crippen LogP contribution in [0.5, 0.6) is 0 Å².